The highest BCUT2D eigenvalue weighted by Crippen LogP contribution is 2.22. The summed E-state index contributed by atoms with van der Waals surface area (Å²) in [6, 6.07) is 14.1. The van der Waals surface area contributed by atoms with Crippen LogP contribution >= 0.6 is 0 Å². The Balaban J connectivity index is 2.08. The number of azo groups is 1. The van der Waals surface area contributed by atoms with Crippen molar-refractivity contribution >= 4 is 28.1 Å². The van der Waals surface area contributed by atoms with E-state index in [0.29, 0.717) is 5.69 Å². The molecule has 0 aliphatic heterocycles. The minimum atomic E-state index is -2.21. The highest BCUT2D eigenvalue weighted by Gasteiger charge is 2.00. The van der Waals surface area contributed by atoms with Gasteiger partial charge >= 0.3 is 0 Å². The van der Waals surface area contributed by atoms with Crippen molar-refractivity contribution in [3.8, 4) is 0 Å². The third-order valence-corrected chi connectivity index (χ3v) is 3.95. The van der Waals surface area contributed by atoms with E-state index in [-0.39, 0.29) is 4.90 Å². The number of nitrogens with zero attached hydrogens (tertiary/aromatic N) is 3. The van der Waals surface area contributed by atoms with Gasteiger partial charge in [-0.1, -0.05) is 0 Å². The Kier molecular flexibility index (Phi) is 5.80. The molecule has 0 bridgehead atoms. The van der Waals surface area contributed by atoms with E-state index in [1.807, 2.05) is 24.3 Å². The Hall–Kier alpha value is -2.05. The average Bonchev–Trinajstić information content (AvgIpc) is 2.55. The molecular weight excluding hydrogens is 298 g/mol. The number of hydrogen-bond acceptors (Lipinski definition) is 5. The second-order valence-corrected chi connectivity index (χ2v) is 5.56. The first-order valence-electron chi connectivity index (χ1n) is 7.10. The van der Waals surface area contributed by atoms with Crippen LogP contribution in [0.1, 0.15) is 13.8 Å². The molecule has 2 aromatic carbocycles. The summed E-state index contributed by atoms with van der Waals surface area (Å²) >= 11 is -2.21. The van der Waals surface area contributed by atoms with E-state index in [0.717, 1.165) is 24.5 Å². The Morgan fingerprint density at radius 1 is 0.909 bits per heavy atom. The van der Waals surface area contributed by atoms with Crippen LogP contribution in [0, 0.1) is 0 Å². The first-order valence-corrected chi connectivity index (χ1v) is 8.17. The average molecular weight is 316 g/mol. The lowest BCUT2D eigenvalue weighted by atomic mass is 10.2. The van der Waals surface area contributed by atoms with Crippen LogP contribution in [0.2, 0.25) is 0 Å². The maximum Gasteiger partial charge on any atom is 0.0858 e. The van der Waals surface area contributed by atoms with Crippen molar-refractivity contribution in [3.63, 3.8) is 0 Å². The molecule has 6 heteroatoms. The van der Waals surface area contributed by atoms with Gasteiger partial charge in [0.25, 0.3) is 0 Å². The minimum Gasteiger partial charge on any atom is -0.768 e. The van der Waals surface area contributed by atoms with Crippen molar-refractivity contribution < 1.29 is 8.76 Å². The summed E-state index contributed by atoms with van der Waals surface area (Å²) in [6.07, 6.45) is 0. The molecule has 1 unspecified atom stereocenters. The molecule has 0 amide bonds. The van der Waals surface area contributed by atoms with Crippen LogP contribution in [-0.4, -0.2) is 21.9 Å². The molecule has 0 spiro atoms. The molecule has 0 fully saturated rings. The van der Waals surface area contributed by atoms with E-state index < -0.39 is 11.1 Å². The van der Waals surface area contributed by atoms with Crippen molar-refractivity contribution in [2.24, 2.45) is 10.2 Å². The van der Waals surface area contributed by atoms with Gasteiger partial charge in [-0.2, -0.15) is 10.2 Å². The number of hydrogen-bond donors (Lipinski definition) is 0. The van der Waals surface area contributed by atoms with Crippen LogP contribution < -0.4 is 4.90 Å². The number of rotatable bonds is 6. The lowest BCUT2D eigenvalue weighted by molar-refractivity contribution is 0.537. The van der Waals surface area contributed by atoms with Crippen LogP contribution in [0.15, 0.2) is 63.7 Å². The van der Waals surface area contributed by atoms with E-state index in [4.69, 9.17) is 0 Å². The molecule has 0 heterocycles. The van der Waals surface area contributed by atoms with Gasteiger partial charge in [0.15, 0.2) is 0 Å². The van der Waals surface area contributed by atoms with Crippen LogP contribution in [0.25, 0.3) is 0 Å². The highest BCUT2D eigenvalue weighted by molar-refractivity contribution is 7.79. The van der Waals surface area contributed by atoms with Gasteiger partial charge in [-0.3, -0.25) is 4.21 Å². The van der Waals surface area contributed by atoms with Gasteiger partial charge in [-0.15, -0.1) is 0 Å². The van der Waals surface area contributed by atoms with Gasteiger partial charge in [0, 0.05) is 23.7 Å². The summed E-state index contributed by atoms with van der Waals surface area (Å²) in [5.74, 6) is 0. The molecule has 0 radical (unpaired) electrons. The number of benzene rings is 2. The Bertz CT molecular complexity index is 650. The third-order valence-electron chi connectivity index (χ3n) is 3.29. The van der Waals surface area contributed by atoms with E-state index in [1.54, 1.807) is 12.1 Å². The second kappa shape index (κ2) is 7.82. The lowest BCUT2D eigenvalue weighted by Crippen LogP contribution is -2.21. The Morgan fingerprint density at radius 3 is 1.77 bits per heavy atom. The number of anilines is 1. The van der Waals surface area contributed by atoms with Crippen molar-refractivity contribution in [2.45, 2.75) is 18.7 Å². The van der Waals surface area contributed by atoms with Gasteiger partial charge in [0.05, 0.1) is 11.4 Å². The smallest absolute Gasteiger partial charge is 0.0858 e. The predicted molar refractivity (Wildman–Crippen MR) is 87.8 cm³/mol. The molecule has 0 N–H and O–H groups in total. The zero-order valence-electron chi connectivity index (χ0n) is 12.6. The normalized spacial score (nSPS) is 12.5. The Morgan fingerprint density at radius 2 is 1.36 bits per heavy atom. The molecule has 2 aromatic rings. The molecule has 0 saturated carbocycles. The van der Waals surface area contributed by atoms with Gasteiger partial charge in [0.2, 0.25) is 0 Å². The topological polar surface area (TPSA) is 68.1 Å². The molecule has 0 aliphatic rings. The molecule has 0 aromatic heterocycles. The summed E-state index contributed by atoms with van der Waals surface area (Å²) in [5.41, 5.74) is 2.53. The molecule has 22 heavy (non-hydrogen) atoms. The summed E-state index contributed by atoms with van der Waals surface area (Å²) in [5, 5.41) is 8.26. The zero-order chi connectivity index (χ0) is 15.9. The Labute approximate surface area is 133 Å². The van der Waals surface area contributed by atoms with Crippen LogP contribution in [0.3, 0.4) is 0 Å². The summed E-state index contributed by atoms with van der Waals surface area (Å²) in [4.78, 5) is 2.49. The molecule has 0 aliphatic carbocycles. The first kappa shape index (κ1) is 16.3. The van der Waals surface area contributed by atoms with Gasteiger partial charge in [-0.05, 0) is 73.5 Å². The van der Waals surface area contributed by atoms with Crippen LogP contribution in [-0.2, 0) is 11.1 Å². The molecule has 2 rings (SSSR count). The summed E-state index contributed by atoms with van der Waals surface area (Å²) < 4.78 is 21.5. The SMILES string of the molecule is CCN(CC)c1ccc(N=Nc2ccc(S(=O)[O-])cc2)cc1. The van der Waals surface area contributed by atoms with Gasteiger partial charge in [-0.25, -0.2) is 0 Å². The van der Waals surface area contributed by atoms with Crippen molar-refractivity contribution in [1.82, 2.24) is 0 Å². The maximum absolute atomic E-state index is 10.8. The quantitative estimate of drug-likeness (QED) is 0.593. The van der Waals surface area contributed by atoms with Crippen LogP contribution in [0.5, 0.6) is 0 Å². The first-order chi connectivity index (χ1) is 10.6. The summed E-state index contributed by atoms with van der Waals surface area (Å²) in [6.45, 7) is 6.17. The monoisotopic (exact) mass is 316 g/mol. The molecule has 0 saturated heterocycles. The second-order valence-electron chi connectivity index (χ2n) is 4.62. The molecule has 116 valence electrons. The predicted octanol–water partition coefficient (Wildman–Crippen LogP) is 4.19. The molecule has 1 atom stereocenters. The lowest BCUT2D eigenvalue weighted by Gasteiger charge is -2.20. The van der Waals surface area contributed by atoms with E-state index >= 15 is 0 Å². The third kappa shape index (κ3) is 4.22. The van der Waals surface area contributed by atoms with E-state index in [9.17, 15) is 8.76 Å². The largest absolute Gasteiger partial charge is 0.768 e. The maximum atomic E-state index is 10.8. The fourth-order valence-electron chi connectivity index (χ4n) is 2.06. The molecular formula is C16H18N3O2S-. The summed E-state index contributed by atoms with van der Waals surface area (Å²) in [7, 11) is 0. The molecule has 5 nitrogen and oxygen atoms in total. The fourth-order valence-corrected chi connectivity index (χ4v) is 2.42. The highest BCUT2D eigenvalue weighted by atomic mass is 32.2. The van der Waals surface area contributed by atoms with Gasteiger partial charge < -0.3 is 9.45 Å². The van der Waals surface area contributed by atoms with E-state index in [2.05, 4.69) is 29.0 Å². The van der Waals surface area contributed by atoms with Gasteiger partial charge in [0.1, 0.15) is 0 Å². The van der Waals surface area contributed by atoms with Crippen molar-refractivity contribution in [2.75, 3.05) is 18.0 Å². The van der Waals surface area contributed by atoms with Crippen LogP contribution in [0.4, 0.5) is 17.1 Å². The van der Waals surface area contributed by atoms with E-state index in [1.165, 1.54) is 12.1 Å². The van der Waals surface area contributed by atoms with Crippen molar-refractivity contribution in [1.29, 1.82) is 0 Å². The van der Waals surface area contributed by atoms with Crippen molar-refractivity contribution in [3.05, 3.63) is 48.5 Å². The standard InChI is InChI=1S/C16H19N3O2S/c1-3-19(4-2)15-9-5-13(6-10-15)17-18-14-7-11-16(12-8-14)22(20)21/h5-12H,3-4H2,1-2H3,(H,20,21)/p-1. The fraction of sp³-hybridized carbons (Fsp3) is 0.250. The zero-order valence-corrected chi connectivity index (χ0v) is 13.4. The minimum absolute atomic E-state index is 0.238.